The molecule has 0 aliphatic carbocycles. The van der Waals surface area contributed by atoms with Crippen LogP contribution in [-0.4, -0.2) is 35.2 Å². The van der Waals surface area contributed by atoms with Crippen LogP contribution in [0.3, 0.4) is 0 Å². The summed E-state index contributed by atoms with van der Waals surface area (Å²) in [4.78, 5) is 24.1. The molecule has 0 spiro atoms. The van der Waals surface area contributed by atoms with Gasteiger partial charge >= 0.3 is 0 Å². The van der Waals surface area contributed by atoms with Crippen molar-refractivity contribution in [2.24, 2.45) is 0 Å². The number of carbonyl (C=O) groups is 2. The van der Waals surface area contributed by atoms with Gasteiger partial charge in [-0.15, -0.1) is 10.2 Å². The average Bonchev–Trinajstić information content (AvgIpc) is 2.96. The number of anilines is 1. The van der Waals surface area contributed by atoms with Gasteiger partial charge in [0.2, 0.25) is 5.01 Å². The molecule has 0 aliphatic rings. The first kappa shape index (κ1) is 17.0. The minimum Gasteiger partial charge on any atom is -0.377 e. The topological polar surface area (TPSA) is 93.2 Å². The minimum absolute atomic E-state index is 0.0429. The van der Waals surface area contributed by atoms with E-state index in [0.717, 1.165) is 0 Å². The van der Waals surface area contributed by atoms with Crippen molar-refractivity contribution >= 4 is 28.8 Å². The molecule has 0 bridgehead atoms. The lowest BCUT2D eigenvalue weighted by Crippen LogP contribution is -2.30. The highest BCUT2D eigenvalue weighted by atomic mass is 32.1. The van der Waals surface area contributed by atoms with E-state index in [9.17, 15) is 9.59 Å². The van der Waals surface area contributed by atoms with Crippen molar-refractivity contribution in [1.29, 1.82) is 0 Å². The molecule has 122 valence electrons. The molecular weight excluding hydrogens is 316 g/mol. The molecule has 2 aromatic rings. The molecule has 0 fully saturated rings. The second-order valence-corrected chi connectivity index (χ2v) is 6.16. The lowest BCUT2D eigenvalue weighted by atomic mass is 10.2. The Labute approximate surface area is 138 Å². The van der Waals surface area contributed by atoms with E-state index < -0.39 is 0 Å². The Morgan fingerprint density at radius 2 is 2.04 bits per heavy atom. The molecule has 2 N–H and O–H groups in total. The van der Waals surface area contributed by atoms with Crippen LogP contribution in [0.1, 0.15) is 39.0 Å². The summed E-state index contributed by atoms with van der Waals surface area (Å²) in [6, 6.07) is 6.77. The fourth-order valence-corrected chi connectivity index (χ4v) is 2.50. The SMILES string of the molecule is COCc1nnc(C(=O)Nc2cccc(C(=O)NC(C)C)c2)s1. The fraction of sp³-hybridized carbons (Fsp3) is 0.333. The van der Waals surface area contributed by atoms with E-state index in [4.69, 9.17) is 4.74 Å². The Bertz CT molecular complexity index is 700. The van der Waals surface area contributed by atoms with E-state index in [1.807, 2.05) is 13.8 Å². The molecule has 1 aromatic carbocycles. The summed E-state index contributed by atoms with van der Waals surface area (Å²) >= 11 is 1.17. The minimum atomic E-state index is -0.369. The van der Waals surface area contributed by atoms with Crippen LogP contribution in [0.2, 0.25) is 0 Å². The Kier molecular flexibility index (Phi) is 5.78. The van der Waals surface area contributed by atoms with Gasteiger partial charge in [-0.3, -0.25) is 9.59 Å². The van der Waals surface area contributed by atoms with Crippen LogP contribution in [0.5, 0.6) is 0 Å². The number of benzene rings is 1. The first-order valence-electron chi connectivity index (χ1n) is 7.03. The van der Waals surface area contributed by atoms with Crippen molar-refractivity contribution in [1.82, 2.24) is 15.5 Å². The maximum atomic E-state index is 12.1. The number of methoxy groups -OCH3 is 1. The third-order valence-corrected chi connectivity index (χ3v) is 3.63. The lowest BCUT2D eigenvalue weighted by Gasteiger charge is -2.09. The standard InChI is InChI=1S/C15H18N4O3S/c1-9(2)16-13(20)10-5-4-6-11(7-10)17-14(21)15-19-18-12(23-15)8-22-3/h4-7,9H,8H2,1-3H3,(H,16,20)(H,17,21). The van der Waals surface area contributed by atoms with Crippen LogP contribution in [-0.2, 0) is 11.3 Å². The number of nitrogens with one attached hydrogen (secondary N) is 2. The molecule has 2 amide bonds. The number of hydrogen-bond donors (Lipinski definition) is 2. The summed E-state index contributed by atoms with van der Waals surface area (Å²) in [6.45, 7) is 4.09. The largest absolute Gasteiger partial charge is 0.377 e. The number of carbonyl (C=O) groups excluding carboxylic acids is 2. The van der Waals surface area contributed by atoms with Gasteiger partial charge < -0.3 is 15.4 Å². The summed E-state index contributed by atoms with van der Waals surface area (Å²) in [5, 5.41) is 14.1. The van der Waals surface area contributed by atoms with Gasteiger partial charge in [0.05, 0.1) is 6.61 Å². The van der Waals surface area contributed by atoms with Crippen LogP contribution in [0, 0.1) is 0 Å². The van der Waals surface area contributed by atoms with Crippen LogP contribution < -0.4 is 10.6 Å². The van der Waals surface area contributed by atoms with Crippen LogP contribution in [0.4, 0.5) is 5.69 Å². The second kappa shape index (κ2) is 7.80. The van der Waals surface area contributed by atoms with Gasteiger partial charge in [-0.05, 0) is 32.0 Å². The maximum Gasteiger partial charge on any atom is 0.286 e. The zero-order valence-corrected chi connectivity index (χ0v) is 13.9. The molecule has 0 unspecified atom stereocenters. The first-order valence-corrected chi connectivity index (χ1v) is 7.85. The quantitative estimate of drug-likeness (QED) is 0.843. The Balaban J connectivity index is 2.07. The van der Waals surface area contributed by atoms with Crippen molar-refractivity contribution < 1.29 is 14.3 Å². The molecule has 0 saturated heterocycles. The highest BCUT2D eigenvalue weighted by Crippen LogP contribution is 2.15. The summed E-state index contributed by atoms with van der Waals surface area (Å²) in [7, 11) is 1.55. The normalized spacial score (nSPS) is 10.6. The first-order chi connectivity index (χ1) is 11.0. The smallest absolute Gasteiger partial charge is 0.286 e. The number of ether oxygens (including phenoxy) is 1. The van der Waals surface area contributed by atoms with Gasteiger partial charge in [-0.1, -0.05) is 17.4 Å². The highest BCUT2D eigenvalue weighted by molar-refractivity contribution is 7.13. The van der Waals surface area contributed by atoms with Crippen molar-refractivity contribution in [2.45, 2.75) is 26.5 Å². The molecule has 0 saturated carbocycles. The molecule has 1 heterocycles. The number of hydrogen-bond acceptors (Lipinski definition) is 6. The van der Waals surface area contributed by atoms with Crippen molar-refractivity contribution in [2.75, 3.05) is 12.4 Å². The Morgan fingerprint density at radius 3 is 2.74 bits per heavy atom. The molecule has 7 nitrogen and oxygen atoms in total. The van der Waals surface area contributed by atoms with Crippen molar-refractivity contribution in [3.8, 4) is 0 Å². The third kappa shape index (κ3) is 4.83. The van der Waals surface area contributed by atoms with Crippen molar-refractivity contribution in [3.05, 3.63) is 39.8 Å². The van der Waals surface area contributed by atoms with Gasteiger partial charge in [0, 0.05) is 24.4 Å². The van der Waals surface area contributed by atoms with E-state index in [1.54, 1.807) is 31.4 Å². The molecule has 0 atom stereocenters. The van der Waals surface area contributed by atoms with E-state index in [1.165, 1.54) is 11.3 Å². The molecular formula is C15H18N4O3S. The number of nitrogens with zero attached hydrogens (tertiary/aromatic N) is 2. The average molecular weight is 334 g/mol. The van der Waals surface area contributed by atoms with Gasteiger partial charge in [0.15, 0.2) is 0 Å². The van der Waals surface area contributed by atoms with E-state index in [-0.39, 0.29) is 22.9 Å². The number of rotatable bonds is 6. The predicted molar refractivity (Wildman–Crippen MR) is 87.6 cm³/mol. The Hall–Kier alpha value is -2.32. The van der Waals surface area contributed by atoms with Crippen LogP contribution in [0.25, 0.3) is 0 Å². The third-order valence-electron chi connectivity index (χ3n) is 2.73. The summed E-state index contributed by atoms with van der Waals surface area (Å²) < 4.78 is 4.94. The van der Waals surface area contributed by atoms with Gasteiger partial charge in [-0.25, -0.2) is 0 Å². The monoisotopic (exact) mass is 334 g/mol. The second-order valence-electron chi connectivity index (χ2n) is 5.10. The summed E-state index contributed by atoms with van der Waals surface area (Å²) in [5.41, 5.74) is 1.00. The molecule has 23 heavy (non-hydrogen) atoms. The van der Waals surface area contributed by atoms with Crippen molar-refractivity contribution in [3.63, 3.8) is 0 Å². The van der Waals surface area contributed by atoms with Gasteiger partial charge in [-0.2, -0.15) is 0 Å². The predicted octanol–water partition coefficient (Wildman–Crippen LogP) is 2.07. The molecule has 1 aromatic heterocycles. The van der Waals surface area contributed by atoms with E-state index >= 15 is 0 Å². The molecule has 0 radical (unpaired) electrons. The fourth-order valence-electron chi connectivity index (χ4n) is 1.80. The maximum absolute atomic E-state index is 12.1. The number of aromatic nitrogens is 2. The van der Waals surface area contributed by atoms with E-state index in [0.29, 0.717) is 22.9 Å². The van der Waals surface area contributed by atoms with Crippen LogP contribution in [0.15, 0.2) is 24.3 Å². The summed E-state index contributed by atoms with van der Waals surface area (Å²) in [6.07, 6.45) is 0. The van der Waals surface area contributed by atoms with Gasteiger partial charge in [0.1, 0.15) is 5.01 Å². The highest BCUT2D eigenvalue weighted by Gasteiger charge is 2.14. The van der Waals surface area contributed by atoms with E-state index in [2.05, 4.69) is 20.8 Å². The van der Waals surface area contributed by atoms with Gasteiger partial charge in [0.25, 0.3) is 11.8 Å². The lowest BCUT2D eigenvalue weighted by molar-refractivity contribution is 0.0941. The zero-order valence-electron chi connectivity index (χ0n) is 13.1. The molecule has 8 heteroatoms. The molecule has 0 aliphatic heterocycles. The number of amides is 2. The zero-order chi connectivity index (χ0) is 16.8. The Morgan fingerprint density at radius 1 is 1.26 bits per heavy atom. The van der Waals surface area contributed by atoms with Crippen LogP contribution >= 0.6 is 11.3 Å². The molecule has 2 rings (SSSR count). The summed E-state index contributed by atoms with van der Waals surface area (Å²) in [5.74, 6) is -0.555.